The average Bonchev–Trinajstić information content (AvgIpc) is 2.44. The molecule has 0 fully saturated rings. The molecule has 0 heterocycles. The summed E-state index contributed by atoms with van der Waals surface area (Å²) in [4.78, 5) is 43.1. The molecule has 0 bridgehead atoms. The zero-order valence-corrected chi connectivity index (χ0v) is 12.9. The molecule has 22 heavy (non-hydrogen) atoms. The van der Waals surface area contributed by atoms with E-state index in [0.29, 0.717) is 5.56 Å². The molecular weight excluding hydrogens is 309 g/mol. The number of hydrogen-bond acceptors (Lipinski definition) is 6. The van der Waals surface area contributed by atoms with Crippen molar-refractivity contribution in [2.24, 2.45) is 17.2 Å². The molecule has 122 valence electrons. The summed E-state index contributed by atoms with van der Waals surface area (Å²) in [6.45, 7) is 1.19. The standard InChI is InChI=1S/C13H20N3O5P/c1-8(14)11(17)13(16,22(19,20)21)12(18)10(15)7-9-5-3-2-4-6-9/h2-6,8,10H,7,14-16H2,1H3,(H2,19,20,21)/t8-,10-,13?/m0/s1. The number of hydrogen-bond donors (Lipinski definition) is 5. The van der Waals surface area contributed by atoms with Crippen molar-refractivity contribution in [3.63, 3.8) is 0 Å². The lowest BCUT2D eigenvalue weighted by Crippen LogP contribution is -2.63. The van der Waals surface area contributed by atoms with Gasteiger partial charge in [-0.25, -0.2) is 0 Å². The summed E-state index contributed by atoms with van der Waals surface area (Å²) in [6.07, 6.45) is -0.00907. The highest BCUT2D eigenvalue weighted by molar-refractivity contribution is 7.56. The Morgan fingerprint density at radius 2 is 1.68 bits per heavy atom. The van der Waals surface area contributed by atoms with Crippen LogP contribution < -0.4 is 17.2 Å². The van der Waals surface area contributed by atoms with Crippen LogP contribution in [0.2, 0.25) is 0 Å². The van der Waals surface area contributed by atoms with Gasteiger partial charge in [0.2, 0.25) is 5.28 Å². The normalized spacial score (nSPS) is 17.4. The second-order valence-electron chi connectivity index (χ2n) is 5.12. The van der Waals surface area contributed by atoms with E-state index in [4.69, 9.17) is 17.2 Å². The molecule has 1 aromatic rings. The summed E-state index contributed by atoms with van der Waals surface area (Å²) < 4.78 is 11.6. The number of carbonyl (C=O) groups excluding carboxylic acids is 2. The molecule has 1 unspecified atom stereocenters. The lowest BCUT2D eigenvalue weighted by Gasteiger charge is -2.30. The van der Waals surface area contributed by atoms with Gasteiger partial charge in [0.25, 0.3) is 0 Å². The number of nitrogens with two attached hydrogens (primary N) is 3. The van der Waals surface area contributed by atoms with Gasteiger partial charge >= 0.3 is 7.60 Å². The first kappa shape index (κ1) is 18.6. The molecule has 8 N–H and O–H groups in total. The second-order valence-corrected chi connectivity index (χ2v) is 6.92. The van der Waals surface area contributed by atoms with Crippen molar-refractivity contribution in [3.8, 4) is 0 Å². The van der Waals surface area contributed by atoms with Crippen LogP contribution >= 0.6 is 7.60 Å². The number of benzene rings is 1. The first-order valence-corrected chi connectivity index (χ1v) is 8.11. The van der Waals surface area contributed by atoms with E-state index in [9.17, 15) is 23.9 Å². The second kappa shape index (κ2) is 6.78. The summed E-state index contributed by atoms with van der Waals surface area (Å²) in [5.41, 5.74) is 17.2. The van der Waals surface area contributed by atoms with Crippen molar-refractivity contribution in [2.75, 3.05) is 0 Å². The first-order valence-electron chi connectivity index (χ1n) is 6.50. The number of ketones is 2. The number of Topliss-reactive ketones (excluding diaryl/α,β-unsaturated/α-hetero) is 2. The van der Waals surface area contributed by atoms with E-state index in [0.717, 1.165) is 0 Å². The van der Waals surface area contributed by atoms with Crippen LogP contribution in [0.25, 0.3) is 0 Å². The summed E-state index contributed by atoms with van der Waals surface area (Å²) in [5, 5.41) is -3.03. The summed E-state index contributed by atoms with van der Waals surface area (Å²) in [7, 11) is -5.29. The molecule has 0 amide bonds. The van der Waals surface area contributed by atoms with Gasteiger partial charge in [-0.1, -0.05) is 30.3 Å². The van der Waals surface area contributed by atoms with Crippen molar-refractivity contribution in [3.05, 3.63) is 35.9 Å². The average molecular weight is 329 g/mol. The van der Waals surface area contributed by atoms with E-state index in [1.54, 1.807) is 30.3 Å². The van der Waals surface area contributed by atoms with Crippen molar-refractivity contribution in [2.45, 2.75) is 30.7 Å². The fraction of sp³-hybridized carbons (Fsp3) is 0.385. The lowest BCUT2D eigenvalue weighted by molar-refractivity contribution is -0.132. The molecule has 0 aromatic heterocycles. The highest BCUT2D eigenvalue weighted by Crippen LogP contribution is 2.49. The fourth-order valence-corrected chi connectivity index (χ4v) is 2.94. The van der Waals surface area contributed by atoms with Gasteiger partial charge in [-0.3, -0.25) is 14.2 Å². The molecule has 0 saturated carbocycles. The predicted octanol–water partition coefficient (Wildman–Crippen LogP) is -1.13. The van der Waals surface area contributed by atoms with Gasteiger partial charge in [-0.15, -0.1) is 0 Å². The van der Waals surface area contributed by atoms with Crippen molar-refractivity contribution in [1.29, 1.82) is 0 Å². The molecule has 9 heteroatoms. The van der Waals surface area contributed by atoms with Gasteiger partial charge in [0, 0.05) is 0 Å². The molecule has 0 radical (unpaired) electrons. The van der Waals surface area contributed by atoms with E-state index in [1.807, 2.05) is 0 Å². The third kappa shape index (κ3) is 3.67. The van der Waals surface area contributed by atoms with Crippen LogP contribution in [0.3, 0.4) is 0 Å². The van der Waals surface area contributed by atoms with Gasteiger partial charge in [0.05, 0.1) is 12.1 Å². The zero-order chi connectivity index (χ0) is 17.1. The first-order chi connectivity index (χ1) is 10.0. The van der Waals surface area contributed by atoms with Crippen molar-refractivity contribution < 1.29 is 23.9 Å². The van der Waals surface area contributed by atoms with Crippen molar-refractivity contribution in [1.82, 2.24) is 0 Å². The number of rotatable bonds is 7. The van der Waals surface area contributed by atoms with E-state index < -0.39 is 36.5 Å². The largest absolute Gasteiger partial charge is 0.360 e. The highest BCUT2D eigenvalue weighted by atomic mass is 31.2. The molecule has 1 aromatic carbocycles. The Balaban J connectivity index is 3.13. The van der Waals surface area contributed by atoms with Gasteiger partial charge in [-0.05, 0) is 18.9 Å². The molecule has 0 saturated heterocycles. The Morgan fingerprint density at radius 1 is 1.18 bits per heavy atom. The van der Waals surface area contributed by atoms with Crippen LogP contribution in [-0.2, 0) is 20.6 Å². The molecule has 8 nitrogen and oxygen atoms in total. The Morgan fingerprint density at radius 3 is 2.09 bits per heavy atom. The molecule has 3 atom stereocenters. The summed E-state index contributed by atoms with van der Waals surface area (Å²) >= 11 is 0. The van der Waals surface area contributed by atoms with Gasteiger partial charge in [-0.2, -0.15) is 0 Å². The van der Waals surface area contributed by atoms with E-state index in [-0.39, 0.29) is 6.42 Å². The predicted molar refractivity (Wildman–Crippen MR) is 80.7 cm³/mol. The van der Waals surface area contributed by atoms with Crippen LogP contribution in [0.4, 0.5) is 0 Å². The quantitative estimate of drug-likeness (QED) is 0.309. The maximum atomic E-state index is 12.3. The topological polar surface area (TPSA) is 170 Å². The minimum atomic E-state index is -5.29. The lowest BCUT2D eigenvalue weighted by atomic mass is 9.94. The Hall–Kier alpha value is -1.41. The molecule has 0 aliphatic heterocycles. The molecule has 1 rings (SSSR count). The maximum Gasteiger partial charge on any atom is 0.360 e. The van der Waals surface area contributed by atoms with Crippen LogP contribution in [0.5, 0.6) is 0 Å². The minimum Gasteiger partial charge on any atom is -0.322 e. The monoisotopic (exact) mass is 329 g/mol. The van der Waals surface area contributed by atoms with Crippen LogP contribution in [-0.4, -0.2) is 38.7 Å². The van der Waals surface area contributed by atoms with E-state index >= 15 is 0 Å². The maximum absolute atomic E-state index is 12.3. The smallest absolute Gasteiger partial charge is 0.322 e. The van der Waals surface area contributed by atoms with E-state index in [2.05, 4.69) is 0 Å². The molecule has 0 aliphatic carbocycles. The Bertz CT molecular complexity index is 601. The molecule has 0 aliphatic rings. The third-order valence-electron chi connectivity index (χ3n) is 3.26. The Kier molecular flexibility index (Phi) is 5.75. The minimum absolute atomic E-state index is 0.00907. The number of carbonyl (C=O) groups is 2. The Labute approximate surface area is 127 Å². The third-order valence-corrected chi connectivity index (χ3v) is 4.62. The van der Waals surface area contributed by atoms with E-state index in [1.165, 1.54) is 6.92 Å². The van der Waals surface area contributed by atoms with Gasteiger partial charge < -0.3 is 27.0 Å². The summed E-state index contributed by atoms with van der Waals surface area (Å²) in [5.74, 6) is -2.47. The van der Waals surface area contributed by atoms with Crippen LogP contribution in [0.1, 0.15) is 12.5 Å². The molecular formula is C13H20N3O5P. The van der Waals surface area contributed by atoms with Crippen LogP contribution in [0.15, 0.2) is 30.3 Å². The highest BCUT2D eigenvalue weighted by Gasteiger charge is 2.58. The zero-order valence-electron chi connectivity index (χ0n) is 12.0. The fourth-order valence-electron chi connectivity index (χ4n) is 2.00. The molecule has 0 spiro atoms. The van der Waals surface area contributed by atoms with Crippen molar-refractivity contribution >= 4 is 19.2 Å². The van der Waals surface area contributed by atoms with Gasteiger partial charge in [0.1, 0.15) is 0 Å². The van der Waals surface area contributed by atoms with Crippen LogP contribution in [0, 0.1) is 0 Å². The SMILES string of the molecule is C[C@H](N)C(=O)C(N)(C(=O)[C@@H](N)Cc1ccccc1)P(=O)(O)O. The van der Waals surface area contributed by atoms with Gasteiger partial charge in [0.15, 0.2) is 11.6 Å². The summed E-state index contributed by atoms with van der Waals surface area (Å²) in [6, 6.07) is 5.93.